The summed E-state index contributed by atoms with van der Waals surface area (Å²) in [6.45, 7) is 5.70. The average molecular weight is 351 g/mol. The van der Waals surface area contributed by atoms with Crippen LogP contribution in [-0.4, -0.2) is 23.3 Å². The molecule has 1 atom stereocenters. The summed E-state index contributed by atoms with van der Waals surface area (Å²) in [7, 11) is 1.55. The predicted molar refractivity (Wildman–Crippen MR) is 95.7 cm³/mol. The van der Waals surface area contributed by atoms with E-state index in [9.17, 15) is 4.79 Å². The van der Waals surface area contributed by atoms with Crippen LogP contribution in [0.5, 0.6) is 5.75 Å². The topological polar surface area (TPSA) is 51.2 Å². The third kappa shape index (κ3) is 4.62. The lowest BCUT2D eigenvalue weighted by Gasteiger charge is -2.15. The zero-order valence-electron chi connectivity index (χ0n) is 13.5. The van der Waals surface area contributed by atoms with Crippen molar-refractivity contribution in [2.75, 3.05) is 12.4 Å². The Labute approximate surface area is 145 Å². The number of nitrogens with zero attached hydrogens (tertiary/aromatic N) is 1. The molecule has 0 spiro atoms. The quantitative estimate of drug-likeness (QED) is 0.808. The van der Waals surface area contributed by atoms with Gasteiger partial charge in [0.2, 0.25) is 5.91 Å². The van der Waals surface area contributed by atoms with Crippen LogP contribution in [0.25, 0.3) is 0 Å². The number of nitrogens with one attached hydrogen (secondary N) is 1. The molecule has 6 heteroatoms. The molecule has 1 aromatic carbocycles. The number of anilines is 1. The number of hydrogen-bond donors (Lipinski definition) is 1. The highest BCUT2D eigenvalue weighted by molar-refractivity contribution is 8.00. The molecule has 0 fully saturated rings. The summed E-state index contributed by atoms with van der Waals surface area (Å²) in [6, 6.07) is 7.40. The number of carbonyl (C=O) groups excluding carboxylic acids is 1. The summed E-state index contributed by atoms with van der Waals surface area (Å²) >= 11 is 7.49. The fraction of sp³-hybridized carbons (Fsp3) is 0.294. The fourth-order valence-corrected chi connectivity index (χ4v) is 2.86. The Morgan fingerprint density at radius 2 is 2.09 bits per heavy atom. The molecule has 1 unspecified atom stereocenters. The maximum Gasteiger partial charge on any atom is 0.237 e. The molecule has 0 aliphatic rings. The van der Waals surface area contributed by atoms with Crippen molar-refractivity contribution in [3.63, 3.8) is 0 Å². The molecule has 23 heavy (non-hydrogen) atoms. The molecule has 0 aliphatic heterocycles. The minimum atomic E-state index is -0.286. The molecule has 2 aromatic rings. The second-order valence-corrected chi connectivity index (χ2v) is 6.99. The Balaban J connectivity index is 2.09. The van der Waals surface area contributed by atoms with Crippen LogP contribution in [0.2, 0.25) is 5.02 Å². The lowest BCUT2D eigenvalue weighted by atomic mass is 10.2. The number of aromatic nitrogens is 1. The molecular weight excluding hydrogens is 332 g/mol. The smallest absolute Gasteiger partial charge is 0.237 e. The first-order valence-corrected chi connectivity index (χ1v) is 8.40. The van der Waals surface area contributed by atoms with Gasteiger partial charge in [0.1, 0.15) is 5.75 Å². The van der Waals surface area contributed by atoms with E-state index in [1.54, 1.807) is 25.4 Å². The van der Waals surface area contributed by atoms with Crippen LogP contribution in [0, 0.1) is 13.8 Å². The molecule has 4 nitrogen and oxygen atoms in total. The van der Waals surface area contributed by atoms with Crippen molar-refractivity contribution < 1.29 is 9.53 Å². The van der Waals surface area contributed by atoms with E-state index in [2.05, 4.69) is 10.3 Å². The zero-order valence-corrected chi connectivity index (χ0v) is 15.1. The third-order valence-electron chi connectivity index (χ3n) is 3.29. The first kappa shape index (κ1) is 17.6. The molecule has 0 saturated carbocycles. The molecule has 1 amide bonds. The van der Waals surface area contributed by atoms with Crippen LogP contribution < -0.4 is 10.1 Å². The molecule has 1 heterocycles. The summed E-state index contributed by atoms with van der Waals surface area (Å²) in [4.78, 5) is 16.7. The van der Waals surface area contributed by atoms with Crippen LogP contribution >= 0.6 is 23.4 Å². The predicted octanol–water partition coefficient (Wildman–Crippen LogP) is 4.48. The molecule has 0 saturated heterocycles. The van der Waals surface area contributed by atoms with Gasteiger partial charge < -0.3 is 10.1 Å². The number of pyridine rings is 1. The van der Waals surface area contributed by atoms with Crippen molar-refractivity contribution in [3.8, 4) is 5.75 Å². The van der Waals surface area contributed by atoms with Gasteiger partial charge in [-0.2, -0.15) is 0 Å². The Morgan fingerprint density at radius 3 is 2.70 bits per heavy atom. The van der Waals surface area contributed by atoms with E-state index in [0.717, 1.165) is 16.2 Å². The lowest BCUT2D eigenvalue weighted by Crippen LogP contribution is -2.22. The van der Waals surface area contributed by atoms with Crippen LogP contribution in [-0.2, 0) is 4.79 Å². The minimum Gasteiger partial charge on any atom is -0.495 e. The summed E-state index contributed by atoms with van der Waals surface area (Å²) in [5, 5.41) is 4.02. The lowest BCUT2D eigenvalue weighted by molar-refractivity contribution is -0.115. The molecule has 0 aliphatic carbocycles. The van der Waals surface area contributed by atoms with E-state index in [1.807, 2.05) is 32.9 Å². The molecule has 2 rings (SSSR count). The second kappa shape index (κ2) is 7.70. The van der Waals surface area contributed by atoms with Crippen molar-refractivity contribution >= 4 is 35.0 Å². The number of rotatable bonds is 5. The van der Waals surface area contributed by atoms with Gasteiger partial charge in [0, 0.05) is 17.3 Å². The van der Waals surface area contributed by atoms with E-state index in [1.165, 1.54) is 11.8 Å². The number of amides is 1. The van der Waals surface area contributed by atoms with Crippen molar-refractivity contribution in [1.29, 1.82) is 0 Å². The van der Waals surface area contributed by atoms with E-state index in [0.29, 0.717) is 16.5 Å². The number of hydrogen-bond acceptors (Lipinski definition) is 4. The van der Waals surface area contributed by atoms with E-state index < -0.39 is 0 Å². The number of halogens is 1. The number of thioether (sulfide) groups is 1. The van der Waals surface area contributed by atoms with Gasteiger partial charge in [-0.25, -0.2) is 4.98 Å². The van der Waals surface area contributed by atoms with Gasteiger partial charge in [-0.3, -0.25) is 4.79 Å². The largest absolute Gasteiger partial charge is 0.495 e. The van der Waals surface area contributed by atoms with Crippen molar-refractivity contribution in [2.24, 2.45) is 0 Å². The highest BCUT2D eigenvalue weighted by Gasteiger charge is 2.17. The second-order valence-electron chi connectivity index (χ2n) is 5.22. The first-order chi connectivity index (χ1) is 10.9. The van der Waals surface area contributed by atoms with Gasteiger partial charge in [0.05, 0.1) is 23.1 Å². The first-order valence-electron chi connectivity index (χ1n) is 7.15. The van der Waals surface area contributed by atoms with Crippen molar-refractivity contribution in [2.45, 2.75) is 31.0 Å². The SMILES string of the molecule is COc1cc(Cl)c(C)cc1NC(=O)C(C)Sc1ccc(C)cn1. The van der Waals surface area contributed by atoms with Gasteiger partial charge in [0.15, 0.2) is 0 Å². The Kier molecular flexibility index (Phi) is 5.91. The molecular formula is C17H19ClN2O2S. The summed E-state index contributed by atoms with van der Waals surface area (Å²) in [6.07, 6.45) is 1.79. The fourth-order valence-electron chi connectivity index (χ4n) is 1.92. The maximum absolute atomic E-state index is 12.4. The van der Waals surface area contributed by atoms with Crippen molar-refractivity contribution in [3.05, 3.63) is 46.6 Å². The zero-order chi connectivity index (χ0) is 17.0. The van der Waals surface area contributed by atoms with Gasteiger partial charge in [-0.15, -0.1) is 0 Å². The van der Waals surface area contributed by atoms with Crippen molar-refractivity contribution in [1.82, 2.24) is 4.98 Å². The number of carbonyl (C=O) groups is 1. The standard InChI is InChI=1S/C17H19ClN2O2S/c1-10-5-6-16(19-9-10)23-12(3)17(21)20-14-7-11(2)13(18)8-15(14)22-4/h5-9,12H,1-4H3,(H,20,21). The molecule has 0 bridgehead atoms. The third-order valence-corrected chi connectivity index (χ3v) is 4.75. The monoisotopic (exact) mass is 350 g/mol. The van der Waals surface area contributed by atoms with E-state index in [4.69, 9.17) is 16.3 Å². The molecule has 0 radical (unpaired) electrons. The van der Waals surface area contributed by atoms with Crippen LogP contribution in [0.4, 0.5) is 5.69 Å². The normalized spacial score (nSPS) is 11.9. The van der Waals surface area contributed by atoms with E-state index >= 15 is 0 Å². The Bertz CT molecular complexity index is 704. The number of aryl methyl sites for hydroxylation is 2. The maximum atomic E-state index is 12.4. The van der Waals surface area contributed by atoms with Gasteiger partial charge in [-0.1, -0.05) is 29.4 Å². The van der Waals surface area contributed by atoms with Crippen LogP contribution in [0.3, 0.4) is 0 Å². The number of methoxy groups -OCH3 is 1. The van der Waals surface area contributed by atoms with Crippen LogP contribution in [0.15, 0.2) is 35.5 Å². The number of benzene rings is 1. The Morgan fingerprint density at radius 1 is 1.35 bits per heavy atom. The molecule has 1 N–H and O–H groups in total. The highest BCUT2D eigenvalue weighted by atomic mass is 35.5. The highest BCUT2D eigenvalue weighted by Crippen LogP contribution is 2.32. The van der Waals surface area contributed by atoms with Gasteiger partial charge in [-0.05, 0) is 44.0 Å². The van der Waals surface area contributed by atoms with E-state index in [-0.39, 0.29) is 11.2 Å². The summed E-state index contributed by atoms with van der Waals surface area (Å²) < 4.78 is 5.27. The Hall–Kier alpha value is -1.72. The van der Waals surface area contributed by atoms with Gasteiger partial charge in [0.25, 0.3) is 0 Å². The molecule has 122 valence electrons. The number of ether oxygens (including phenoxy) is 1. The summed E-state index contributed by atoms with van der Waals surface area (Å²) in [5.74, 6) is 0.428. The molecule has 1 aromatic heterocycles. The van der Waals surface area contributed by atoms with Gasteiger partial charge >= 0.3 is 0 Å². The summed E-state index contributed by atoms with van der Waals surface area (Å²) in [5.41, 5.74) is 2.58. The minimum absolute atomic E-state index is 0.114. The van der Waals surface area contributed by atoms with Crippen LogP contribution in [0.1, 0.15) is 18.1 Å². The average Bonchev–Trinajstić information content (AvgIpc) is 2.52.